The van der Waals surface area contributed by atoms with Crippen molar-refractivity contribution in [1.29, 1.82) is 0 Å². The average Bonchev–Trinajstić information content (AvgIpc) is 3.80. The third-order valence-corrected chi connectivity index (χ3v) is 10.2. The highest BCUT2D eigenvalue weighted by molar-refractivity contribution is 5.97. The summed E-state index contributed by atoms with van der Waals surface area (Å²) < 4.78 is 10.7. The number of aryl methyl sites for hydroxylation is 2. The highest BCUT2D eigenvalue weighted by atomic mass is 16.5. The Morgan fingerprint density at radius 1 is 1.00 bits per heavy atom. The number of aliphatic hydroxyl groups excluding tert-OH is 2. The fourth-order valence-corrected chi connectivity index (χ4v) is 7.39. The molecule has 0 saturated carbocycles. The zero-order valence-electron chi connectivity index (χ0n) is 29.4. The van der Waals surface area contributed by atoms with E-state index in [0.717, 1.165) is 74.2 Å². The Morgan fingerprint density at radius 3 is 2.39 bits per heavy atom. The van der Waals surface area contributed by atoms with E-state index in [-0.39, 0.29) is 36.6 Å². The van der Waals surface area contributed by atoms with Crippen LogP contribution in [0.5, 0.6) is 0 Å². The molecule has 0 spiro atoms. The van der Waals surface area contributed by atoms with Crippen LogP contribution in [0.1, 0.15) is 111 Å². The second-order valence-corrected chi connectivity index (χ2v) is 13.4. The van der Waals surface area contributed by atoms with Gasteiger partial charge in [-0.05, 0) is 94.0 Å². The van der Waals surface area contributed by atoms with Gasteiger partial charge in [0, 0.05) is 51.0 Å². The Bertz CT molecular complexity index is 2250. The van der Waals surface area contributed by atoms with E-state index in [1.54, 1.807) is 0 Å². The summed E-state index contributed by atoms with van der Waals surface area (Å²) in [6.07, 6.45) is 4.28. The number of carbonyl (C=O) groups excluding carboxylic acids is 2. The van der Waals surface area contributed by atoms with E-state index in [0.29, 0.717) is 33.6 Å². The number of rotatable bonds is 7. The van der Waals surface area contributed by atoms with Crippen LogP contribution in [0, 0.1) is 13.8 Å². The van der Waals surface area contributed by atoms with Gasteiger partial charge in [0.25, 0.3) is 0 Å². The minimum Gasteiger partial charge on any atom is -0.515 e. The molecule has 0 saturated heterocycles. The summed E-state index contributed by atoms with van der Waals surface area (Å²) in [6.45, 7) is 14.1. The number of ether oxygens (including phenoxy) is 2. The van der Waals surface area contributed by atoms with Gasteiger partial charge in [-0.3, -0.25) is 14.6 Å². The van der Waals surface area contributed by atoms with Crippen LogP contribution < -0.4 is 10.4 Å². The number of aromatic amines is 2. The Hall–Kier alpha value is -5.12. The van der Waals surface area contributed by atoms with Gasteiger partial charge in [-0.1, -0.05) is 19.4 Å². The van der Waals surface area contributed by atoms with Gasteiger partial charge in [-0.15, -0.1) is 0 Å². The molecule has 0 unspecified atom stereocenters. The highest BCUT2D eigenvalue weighted by Gasteiger charge is 2.41. The van der Waals surface area contributed by atoms with Crippen molar-refractivity contribution in [2.24, 2.45) is 0 Å². The number of aliphatic hydroxyl groups is 2. The fraction of sp³-hybridized carbons (Fsp3) is 0.385. The summed E-state index contributed by atoms with van der Waals surface area (Å²) in [4.78, 5) is 43.5. The molecule has 1 aliphatic carbocycles. The largest absolute Gasteiger partial charge is 0.515 e. The Morgan fingerprint density at radius 2 is 1.71 bits per heavy atom. The van der Waals surface area contributed by atoms with E-state index in [4.69, 9.17) is 19.4 Å². The van der Waals surface area contributed by atoms with Gasteiger partial charge in [0.15, 0.2) is 0 Å². The normalized spacial score (nSPS) is 18.7. The lowest BCUT2D eigenvalue weighted by Gasteiger charge is -2.19. The second-order valence-electron chi connectivity index (χ2n) is 13.4. The van der Waals surface area contributed by atoms with Gasteiger partial charge in [-0.25, -0.2) is 4.98 Å². The molecule has 10 nitrogen and oxygen atoms in total. The molecule has 6 rings (SSSR count). The van der Waals surface area contributed by atoms with Gasteiger partial charge in [0.2, 0.25) is 0 Å². The van der Waals surface area contributed by atoms with Crippen LogP contribution >= 0.6 is 0 Å². The molecule has 49 heavy (non-hydrogen) atoms. The third-order valence-electron chi connectivity index (χ3n) is 10.2. The molecule has 256 valence electrons. The van der Waals surface area contributed by atoms with Crippen molar-refractivity contribution in [2.75, 3.05) is 13.7 Å². The van der Waals surface area contributed by atoms with Gasteiger partial charge >= 0.3 is 11.9 Å². The Kier molecular flexibility index (Phi) is 9.00. The summed E-state index contributed by atoms with van der Waals surface area (Å²) in [5.74, 6) is -2.55. The SMILES string of the molecule is CCC1=C(C)c2cc3[nH]c(cc4nc(c5c6[nH]c(cc1n2)c(C)c6=C(O)[C@@H]5C(=O)OC)[C@@H](CCC(=O)OCC=C(C)C)[C@@H]4C)c(C)c3=CO. The minimum atomic E-state index is -1.09. The molecular formula is C39H44N4O6. The van der Waals surface area contributed by atoms with Crippen LogP contribution in [-0.2, 0) is 19.1 Å². The first kappa shape index (κ1) is 33.8. The fourth-order valence-electron chi connectivity index (χ4n) is 7.39. The lowest BCUT2D eigenvalue weighted by molar-refractivity contribution is -0.143. The average molecular weight is 665 g/mol. The van der Waals surface area contributed by atoms with E-state index in [2.05, 4.69) is 23.8 Å². The van der Waals surface area contributed by atoms with E-state index in [9.17, 15) is 19.8 Å². The van der Waals surface area contributed by atoms with E-state index in [1.165, 1.54) is 7.11 Å². The molecule has 0 fully saturated rings. The highest BCUT2D eigenvalue weighted by Crippen LogP contribution is 2.46. The number of hydrogen-bond acceptors (Lipinski definition) is 8. The first-order chi connectivity index (χ1) is 23.4. The number of H-pyrrole nitrogens is 2. The molecule has 3 aliphatic rings. The van der Waals surface area contributed by atoms with Crippen LogP contribution in [0.4, 0.5) is 0 Å². The van der Waals surface area contributed by atoms with E-state index in [1.807, 2.05) is 58.9 Å². The zero-order valence-corrected chi connectivity index (χ0v) is 29.4. The number of nitrogens with one attached hydrogen (secondary N) is 2. The second kappa shape index (κ2) is 13.1. The maximum atomic E-state index is 13.4. The number of carbonyl (C=O) groups is 2. The van der Waals surface area contributed by atoms with E-state index >= 15 is 0 Å². The number of methoxy groups -OCH3 is 1. The third kappa shape index (κ3) is 5.72. The summed E-state index contributed by atoms with van der Waals surface area (Å²) in [5, 5.41) is 23.3. The molecule has 3 aromatic heterocycles. The molecule has 2 aliphatic heterocycles. The first-order valence-corrected chi connectivity index (χ1v) is 16.8. The minimum absolute atomic E-state index is 0.0941. The zero-order chi connectivity index (χ0) is 35.3. The maximum Gasteiger partial charge on any atom is 0.321 e. The first-order valence-electron chi connectivity index (χ1n) is 16.8. The van der Waals surface area contributed by atoms with Crippen LogP contribution in [0.15, 0.2) is 29.8 Å². The van der Waals surface area contributed by atoms with Gasteiger partial charge < -0.3 is 29.7 Å². The summed E-state index contributed by atoms with van der Waals surface area (Å²) in [5.41, 5.74) is 11.1. The maximum absolute atomic E-state index is 13.4. The molecule has 0 radical (unpaired) electrons. The van der Waals surface area contributed by atoms with Gasteiger partial charge in [0.05, 0.1) is 41.5 Å². The van der Waals surface area contributed by atoms with Gasteiger partial charge in [0.1, 0.15) is 18.3 Å². The molecule has 8 bridgehead atoms. The van der Waals surface area contributed by atoms with Crippen molar-refractivity contribution in [1.82, 2.24) is 19.9 Å². The lowest BCUT2D eigenvalue weighted by Crippen LogP contribution is -2.18. The number of aromatic nitrogens is 4. The van der Waals surface area contributed by atoms with Crippen molar-refractivity contribution in [3.05, 3.63) is 79.8 Å². The number of fused-ring (bicyclic) bond motifs is 8. The lowest BCUT2D eigenvalue weighted by atomic mass is 9.84. The number of esters is 2. The molecule has 4 N–H and O–H groups in total. The van der Waals surface area contributed by atoms with Crippen molar-refractivity contribution >= 4 is 57.2 Å². The van der Waals surface area contributed by atoms with Crippen LogP contribution in [0.3, 0.4) is 0 Å². The van der Waals surface area contributed by atoms with Crippen molar-refractivity contribution in [3.63, 3.8) is 0 Å². The molecular weight excluding hydrogens is 620 g/mol. The van der Waals surface area contributed by atoms with Crippen LogP contribution in [-0.4, -0.2) is 55.8 Å². The molecule has 3 atom stereocenters. The predicted molar refractivity (Wildman–Crippen MR) is 191 cm³/mol. The monoisotopic (exact) mass is 664 g/mol. The van der Waals surface area contributed by atoms with Crippen molar-refractivity contribution < 1.29 is 29.3 Å². The molecule has 0 aromatic carbocycles. The summed E-state index contributed by atoms with van der Waals surface area (Å²) in [7, 11) is 1.31. The van der Waals surface area contributed by atoms with Crippen LogP contribution in [0.2, 0.25) is 0 Å². The predicted octanol–water partition coefficient (Wildman–Crippen LogP) is 6.68. The summed E-state index contributed by atoms with van der Waals surface area (Å²) >= 11 is 0. The number of allylic oxidation sites excluding steroid dienone is 3. The van der Waals surface area contributed by atoms with E-state index < -0.39 is 11.9 Å². The topological polar surface area (TPSA) is 150 Å². The summed E-state index contributed by atoms with van der Waals surface area (Å²) in [6, 6.07) is 5.90. The number of hydrogen-bond donors (Lipinski definition) is 4. The van der Waals surface area contributed by atoms with Crippen LogP contribution in [0.25, 0.3) is 45.2 Å². The molecule has 3 aromatic rings. The van der Waals surface area contributed by atoms with Gasteiger partial charge in [-0.2, -0.15) is 0 Å². The molecule has 0 amide bonds. The van der Waals surface area contributed by atoms with Crippen molar-refractivity contribution in [3.8, 4) is 0 Å². The standard InChI is InChI=1S/C39H44N4O6/c1-9-23-19(4)27-15-31-25(17-44)21(6)26(41-31)14-28-20(5)24(10-11-32(45)49-13-12-18(2)3)36(42-28)34-35(39(47)48-8)38(46)33-22(7)29(43-37(33)34)16-30(23)40-27/h12,14-17,20,24,35,41,43-44,46H,9-11,13H2,1-8H3/t20-,24-,35+/m0/s1. The smallest absolute Gasteiger partial charge is 0.321 e. The molecule has 10 heteroatoms. The Labute approximate surface area is 284 Å². The van der Waals surface area contributed by atoms with Crippen molar-refractivity contribution in [2.45, 2.75) is 85.5 Å². The quantitative estimate of drug-likeness (QED) is 0.161. The molecule has 5 heterocycles. The number of nitrogens with zero attached hydrogens (tertiary/aromatic N) is 2. The Balaban J connectivity index is 1.69.